The van der Waals surface area contributed by atoms with Crippen LogP contribution in [-0.2, 0) is 36.8 Å². The number of hydrogen-bond acceptors (Lipinski definition) is 8. The monoisotopic (exact) mass is 652 g/mol. The third-order valence-electron chi connectivity index (χ3n) is 7.73. The molecule has 1 heterocycles. The SMILES string of the molecule is COc1ccc2cc1OCC(=O)NCCCC(NC(=O)[C@@H](C)N)C(=O)N[C@@H](Cc1ccccc1)C(=O)N[C@H](C(C)C)C(=O)NCCC2. The fourth-order valence-corrected chi connectivity index (χ4v) is 5.02. The first-order valence-corrected chi connectivity index (χ1v) is 16.0. The number of carbonyl (C=O) groups excluding carboxylic acids is 5. The number of amides is 5. The van der Waals surface area contributed by atoms with Crippen LogP contribution in [0.15, 0.2) is 48.5 Å². The molecule has 0 fully saturated rings. The second-order valence-corrected chi connectivity index (χ2v) is 12.0. The molecule has 5 amide bonds. The number of carbonyl (C=O) groups is 5. The molecule has 1 aliphatic rings. The molecule has 3 rings (SSSR count). The smallest absolute Gasteiger partial charge is 0.257 e. The number of nitrogens with two attached hydrogens (primary N) is 1. The Morgan fingerprint density at radius 1 is 0.957 bits per heavy atom. The predicted octanol–water partition coefficient (Wildman–Crippen LogP) is 0.733. The first-order chi connectivity index (χ1) is 22.5. The van der Waals surface area contributed by atoms with E-state index in [-0.39, 0.29) is 43.7 Å². The zero-order valence-corrected chi connectivity index (χ0v) is 27.6. The van der Waals surface area contributed by atoms with Crippen LogP contribution in [0.4, 0.5) is 0 Å². The van der Waals surface area contributed by atoms with Crippen LogP contribution in [-0.4, -0.2) is 80.5 Å². The summed E-state index contributed by atoms with van der Waals surface area (Å²) in [6, 6.07) is 10.8. The Balaban J connectivity index is 1.88. The van der Waals surface area contributed by atoms with Crippen LogP contribution < -0.4 is 41.8 Å². The lowest BCUT2D eigenvalue weighted by Crippen LogP contribution is -2.59. The zero-order valence-electron chi connectivity index (χ0n) is 27.6. The minimum Gasteiger partial charge on any atom is -0.493 e. The van der Waals surface area contributed by atoms with E-state index in [1.807, 2.05) is 50.2 Å². The Morgan fingerprint density at radius 3 is 2.36 bits per heavy atom. The number of nitrogens with one attached hydrogen (secondary N) is 5. The van der Waals surface area contributed by atoms with Crippen LogP contribution in [0, 0.1) is 5.92 Å². The lowest BCUT2D eigenvalue weighted by Gasteiger charge is -2.27. The molecule has 2 aromatic carbocycles. The van der Waals surface area contributed by atoms with Crippen molar-refractivity contribution in [3.63, 3.8) is 0 Å². The molecule has 0 aromatic heterocycles. The number of benzene rings is 2. The van der Waals surface area contributed by atoms with Gasteiger partial charge in [-0.2, -0.15) is 0 Å². The van der Waals surface area contributed by atoms with E-state index in [1.54, 1.807) is 12.1 Å². The molecule has 13 nitrogen and oxygen atoms in total. The van der Waals surface area contributed by atoms with Gasteiger partial charge in [0.2, 0.25) is 23.6 Å². The van der Waals surface area contributed by atoms with Crippen LogP contribution in [0.25, 0.3) is 0 Å². The first kappa shape index (κ1) is 36.8. The second-order valence-electron chi connectivity index (χ2n) is 12.0. The van der Waals surface area contributed by atoms with Crippen molar-refractivity contribution in [1.82, 2.24) is 26.6 Å². The Kier molecular flexibility index (Phi) is 14.5. The number of hydrogen-bond donors (Lipinski definition) is 6. The molecule has 4 atom stereocenters. The summed E-state index contributed by atoms with van der Waals surface area (Å²) in [4.78, 5) is 65.7. The summed E-state index contributed by atoms with van der Waals surface area (Å²) in [5, 5.41) is 14.0. The van der Waals surface area contributed by atoms with Gasteiger partial charge in [-0.25, -0.2) is 0 Å². The number of ether oxygens (including phenoxy) is 2. The van der Waals surface area contributed by atoms with Crippen molar-refractivity contribution in [3.8, 4) is 11.5 Å². The standard InChI is InChI=1S/C34H48N6O7/c1-21(2)30-34(45)37-17-8-12-24-14-15-27(46-4)28(19-24)47-20-29(41)36-16-9-13-25(38-31(42)22(3)35)32(43)39-26(33(44)40-30)18-23-10-6-5-7-11-23/h5-7,10-11,14-15,19,21-22,25-26,30H,8-9,12-13,16-18,20,35H2,1-4H3,(H,36,41)(H,37,45)(H,38,42)(H,39,43)(H,40,44)/t22-,25?,26+,30-/m1/s1. The van der Waals surface area contributed by atoms with Gasteiger partial charge in [-0.05, 0) is 61.8 Å². The van der Waals surface area contributed by atoms with E-state index in [0.29, 0.717) is 37.3 Å². The molecule has 0 radical (unpaired) electrons. The maximum Gasteiger partial charge on any atom is 0.257 e. The molecule has 47 heavy (non-hydrogen) atoms. The first-order valence-electron chi connectivity index (χ1n) is 16.0. The van der Waals surface area contributed by atoms with Crippen molar-refractivity contribution in [2.45, 2.75) is 77.0 Å². The van der Waals surface area contributed by atoms with Gasteiger partial charge in [0, 0.05) is 19.5 Å². The average Bonchev–Trinajstić information content (AvgIpc) is 3.05. The molecule has 0 saturated heterocycles. The highest BCUT2D eigenvalue weighted by Crippen LogP contribution is 2.28. The van der Waals surface area contributed by atoms with E-state index in [0.717, 1.165) is 11.1 Å². The Bertz CT molecular complexity index is 1370. The third-order valence-corrected chi connectivity index (χ3v) is 7.73. The summed E-state index contributed by atoms with van der Waals surface area (Å²) in [7, 11) is 1.51. The molecule has 1 unspecified atom stereocenters. The van der Waals surface area contributed by atoms with Crippen LogP contribution in [0.2, 0.25) is 0 Å². The zero-order chi connectivity index (χ0) is 34.3. The maximum absolute atomic E-state index is 13.7. The van der Waals surface area contributed by atoms with Crippen LogP contribution in [0.1, 0.15) is 51.2 Å². The van der Waals surface area contributed by atoms with E-state index in [9.17, 15) is 24.0 Å². The molecule has 1 aliphatic heterocycles. The summed E-state index contributed by atoms with van der Waals surface area (Å²) in [5.41, 5.74) is 7.49. The Labute approximate surface area is 276 Å². The maximum atomic E-state index is 13.7. The largest absolute Gasteiger partial charge is 0.493 e. The fourth-order valence-electron chi connectivity index (χ4n) is 5.02. The summed E-state index contributed by atoms with van der Waals surface area (Å²) in [6.45, 7) is 5.46. The van der Waals surface area contributed by atoms with Crippen molar-refractivity contribution >= 4 is 29.5 Å². The summed E-state index contributed by atoms with van der Waals surface area (Å²) >= 11 is 0. The van der Waals surface area contributed by atoms with Crippen molar-refractivity contribution in [3.05, 3.63) is 59.7 Å². The Morgan fingerprint density at radius 2 is 1.68 bits per heavy atom. The summed E-state index contributed by atoms with van der Waals surface area (Å²) < 4.78 is 11.1. The minimum absolute atomic E-state index is 0.151. The number of fused-ring (bicyclic) bond motifs is 2. The van der Waals surface area contributed by atoms with Crippen LogP contribution in [0.3, 0.4) is 0 Å². The number of rotatable bonds is 6. The van der Waals surface area contributed by atoms with Crippen molar-refractivity contribution in [2.75, 3.05) is 26.8 Å². The van der Waals surface area contributed by atoms with Gasteiger partial charge in [-0.3, -0.25) is 24.0 Å². The van der Waals surface area contributed by atoms with E-state index >= 15 is 0 Å². The molecular formula is C34H48N6O7. The molecule has 2 bridgehead atoms. The highest BCUT2D eigenvalue weighted by Gasteiger charge is 2.31. The van der Waals surface area contributed by atoms with Gasteiger partial charge in [-0.15, -0.1) is 0 Å². The topological polar surface area (TPSA) is 190 Å². The van der Waals surface area contributed by atoms with E-state index in [1.165, 1.54) is 14.0 Å². The third kappa shape index (κ3) is 11.9. The molecule has 0 spiro atoms. The highest BCUT2D eigenvalue weighted by atomic mass is 16.5. The molecular weight excluding hydrogens is 604 g/mol. The highest BCUT2D eigenvalue weighted by molar-refractivity contribution is 5.95. The fraction of sp³-hybridized carbons (Fsp3) is 0.500. The lowest BCUT2D eigenvalue weighted by molar-refractivity contribution is -0.134. The predicted molar refractivity (Wildman–Crippen MR) is 176 cm³/mol. The Hall–Kier alpha value is -4.65. The van der Waals surface area contributed by atoms with Crippen LogP contribution in [0.5, 0.6) is 11.5 Å². The van der Waals surface area contributed by atoms with E-state index in [4.69, 9.17) is 15.2 Å². The van der Waals surface area contributed by atoms with Crippen molar-refractivity contribution in [1.29, 1.82) is 0 Å². The number of methoxy groups -OCH3 is 1. The molecule has 7 N–H and O–H groups in total. The molecule has 2 aromatic rings. The van der Waals surface area contributed by atoms with Crippen LogP contribution >= 0.6 is 0 Å². The van der Waals surface area contributed by atoms with Gasteiger partial charge in [0.15, 0.2) is 18.1 Å². The van der Waals surface area contributed by atoms with Gasteiger partial charge < -0.3 is 41.8 Å². The average molecular weight is 653 g/mol. The quantitative estimate of drug-likeness (QED) is 0.263. The second kappa shape index (κ2) is 18.5. The van der Waals surface area contributed by atoms with Gasteiger partial charge >= 0.3 is 0 Å². The van der Waals surface area contributed by atoms with E-state index in [2.05, 4.69) is 26.6 Å². The summed E-state index contributed by atoms with van der Waals surface area (Å²) in [6.07, 6.45) is 1.86. The van der Waals surface area contributed by atoms with Crippen molar-refractivity contribution < 1.29 is 33.4 Å². The molecule has 13 heteroatoms. The lowest BCUT2D eigenvalue weighted by atomic mass is 10.00. The molecule has 256 valence electrons. The normalized spacial score (nSPS) is 21.4. The van der Waals surface area contributed by atoms with Gasteiger partial charge in [0.1, 0.15) is 18.1 Å². The van der Waals surface area contributed by atoms with Gasteiger partial charge in [0.25, 0.3) is 5.91 Å². The minimum atomic E-state index is -1.05. The molecule has 0 aliphatic carbocycles. The molecule has 0 saturated carbocycles. The van der Waals surface area contributed by atoms with Gasteiger partial charge in [-0.1, -0.05) is 50.2 Å². The summed E-state index contributed by atoms with van der Waals surface area (Å²) in [5.74, 6) is -1.74. The number of aryl methyl sites for hydroxylation is 1. The van der Waals surface area contributed by atoms with Crippen molar-refractivity contribution in [2.24, 2.45) is 11.7 Å². The van der Waals surface area contributed by atoms with Gasteiger partial charge in [0.05, 0.1) is 13.2 Å². The van der Waals surface area contributed by atoms with E-state index < -0.39 is 41.9 Å².